The molecular weight excluding hydrogens is 190 g/mol. The van der Waals surface area contributed by atoms with Crippen LogP contribution in [0.25, 0.3) is 0 Å². The third-order valence-corrected chi connectivity index (χ3v) is 5.12. The zero-order valence-electron chi connectivity index (χ0n) is 9.94. The Kier molecular flexibility index (Phi) is 1.87. The number of ketones is 1. The summed E-state index contributed by atoms with van der Waals surface area (Å²) in [5, 5.41) is 3.03. The number of nitrogens with one attached hydrogen (secondary N) is 1. The molecule has 0 aromatic rings. The highest BCUT2D eigenvalue weighted by Gasteiger charge is 2.69. The van der Waals surface area contributed by atoms with Crippen molar-refractivity contribution in [3.8, 4) is 0 Å². The summed E-state index contributed by atoms with van der Waals surface area (Å²) in [6.07, 6.45) is 2.34. The van der Waals surface area contributed by atoms with Gasteiger partial charge in [0.1, 0.15) is 5.78 Å². The first-order chi connectivity index (χ1) is 6.75. The number of hydrogen-bond donors (Lipinski definition) is 1. The van der Waals surface area contributed by atoms with Crippen LogP contribution in [0.3, 0.4) is 0 Å². The van der Waals surface area contributed by atoms with Gasteiger partial charge in [-0.1, -0.05) is 20.8 Å². The quantitative estimate of drug-likeness (QED) is 0.714. The average molecular weight is 209 g/mol. The maximum absolute atomic E-state index is 12.0. The molecule has 0 aromatic carbocycles. The Morgan fingerprint density at radius 2 is 1.87 bits per heavy atom. The van der Waals surface area contributed by atoms with E-state index in [9.17, 15) is 9.59 Å². The molecule has 3 heteroatoms. The molecule has 0 heterocycles. The van der Waals surface area contributed by atoms with E-state index in [1.807, 2.05) is 6.92 Å². The van der Waals surface area contributed by atoms with Gasteiger partial charge in [-0.3, -0.25) is 9.59 Å². The van der Waals surface area contributed by atoms with Crippen molar-refractivity contribution in [3.05, 3.63) is 0 Å². The molecule has 0 spiro atoms. The smallest absolute Gasteiger partial charge is 0.217 e. The second kappa shape index (κ2) is 2.63. The van der Waals surface area contributed by atoms with Gasteiger partial charge in [0.15, 0.2) is 0 Å². The fourth-order valence-corrected chi connectivity index (χ4v) is 3.48. The van der Waals surface area contributed by atoms with E-state index in [1.54, 1.807) is 0 Å². The van der Waals surface area contributed by atoms with Crippen molar-refractivity contribution in [1.82, 2.24) is 5.32 Å². The molecule has 1 amide bonds. The number of fused-ring (bicyclic) bond motifs is 2. The van der Waals surface area contributed by atoms with Crippen molar-refractivity contribution in [1.29, 1.82) is 0 Å². The van der Waals surface area contributed by atoms with Gasteiger partial charge in [0.05, 0.1) is 5.54 Å². The average Bonchev–Trinajstić information content (AvgIpc) is 2.33. The topological polar surface area (TPSA) is 46.2 Å². The van der Waals surface area contributed by atoms with Gasteiger partial charge in [0, 0.05) is 24.2 Å². The second-order valence-electron chi connectivity index (χ2n) is 5.82. The molecule has 2 unspecified atom stereocenters. The summed E-state index contributed by atoms with van der Waals surface area (Å²) in [4.78, 5) is 23.3. The van der Waals surface area contributed by atoms with Gasteiger partial charge in [-0.25, -0.2) is 0 Å². The molecule has 15 heavy (non-hydrogen) atoms. The lowest BCUT2D eigenvalue weighted by Crippen LogP contribution is -2.53. The third-order valence-electron chi connectivity index (χ3n) is 5.12. The Morgan fingerprint density at radius 1 is 1.27 bits per heavy atom. The van der Waals surface area contributed by atoms with Crippen molar-refractivity contribution in [2.24, 2.45) is 10.8 Å². The lowest BCUT2D eigenvalue weighted by molar-refractivity contribution is -0.128. The van der Waals surface area contributed by atoms with Crippen molar-refractivity contribution < 1.29 is 9.59 Å². The van der Waals surface area contributed by atoms with Crippen LogP contribution >= 0.6 is 0 Å². The minimum atomic E-state index is -0.287. The summed E-state index contributed by atoms with van der Waals surface area (Å²) in [6, 6.07) is 0. The standard InChI is InChI=1S/C12H19NO2/c1-8(14)13-12-6-5-11(4,9(15)7-12)10(12,2)3/h5-7H2,1-4H3,(H,13,14). The highest BCUT2D eigenvalue weighted by molar-refractivity contribution is 5.92. The molecule has 2 saturated carbocycles. The van der Waals surface area contributed by atoms with E-state index in [-0.39, 0.29) is 22.3 Å². The number of carbonyl (C=O) groups excluding carboxylic acids is 2. The largest absolute Gasteiger partial charge is 0.350 e. The summed E-state index contributed by atoms with van der Waals surface area (Å²) >= 11 is 0. The van der Waals surface area contributed by atoms with Crippen LogP contribution in [0.2, 0.25) is 0 Å². The summed E-state index contributed by atoms with van der Waals surface area (Å²) < 4.78 is 0. The molecule has 0 aliphatic heterocycles. The van der Waals surface area contributed by atoms with Crippen LogP contribution in [0.1, 0.15) is 47.0 Å². The molecule has 1 N–H and O–H groups in total. The maximum Gasteiger partial charge on any atom is 0.217 e. The molecule has 0 saturated heterocycles. The van der Waals surface area contributed by atoms with Crippen molar-refractivity contribution in [2.75, 3.05) is 0 Å². The highest BCUT2D eigenvalue weighted by atomic mass is 16.2. The SMILES string of the molecule is CC(=O)NC12CCC(C)(C(=O)C1)C2(C)C. The van der Waals surface area contributed by atoms with Crippen molar-refractivity contribution in [2.45, 2.75) is 52.5 Å². The predicted octanol–water partition coefficient (Wildman–Crippen LogP) is 1.66. The molecule has 2 rings (SSSR count). The molecule has 2 aliphatic carbocycles. The first kappa shape index (κ1) is 10.7. The molecule has 2 fully saturated rings. The van der Waals surface area contributed by atoms with Crippen LogP contribution in [-0.4, -0.2) is 17.2 Å². The molecule has 2 aliphatic rings. The van der Waals surface area contributed by atoms with E-state index in [1.165, 1.54) is 6.92 Å². The van der Waals surface area contributed by atoms with Crippen LogP contribution in [-0.2, 0) is 9.59 Å². The number of hydrogen-bond acceptors (Lipinski definition) is 2. The summed E-state index contributed by atoms with van der Waals surface area (Å²) in [5.41, 5.74) is -0.650. The van der Waals surface area contributed by atoms with E-state index in [0.29, 0.717) is 12.2 Å². The normalized spacial score (nSPS) is 42.0. The van der Waals surface area contributed by atoms with Gasteiger partial charge in [0.2, 0.25) is 5.91 Å². The van der Waals surface area contributed by atoms with E-state index < -0.39 is 0 Å². The minimum Gasteiger partial charge on any atom is -0.350 e. The molecule has 2 bridgehead atoms. The van der Waals surface area contributed by atoms with Crippen LogP contribution in [0.15, 0.2) is 0 Å². The van der Waals surface area contributed by atoms with Gasteiger partial charge in [-0.05, 0) is 12.8 Å². The highest BCUT2D eigenvalue weighted by Crippen LogP contribution is 2.65. The molecular formula is C12H19NO2. The van der Waals surface area contributed by atoms with Gasteiger partial charge in [-0.2, -0.15) is 0 Å². The number of amides is 1. The maximum atomic E-state index is 12.0. The Labute approximate surface area is 90.6 Å². The first-order valence-corrected chi connectivity index (χ1v) is 5.57. The number of rotatable bonds is 1. The zero-order chi connectivity index (χ0) is 11.5. The molecule has 3 nitrogen and oxygen atoms in total. The first-order valence-electron chi connectivity index (χ1n) is 5.57. The van der Waals surface area contributed by atoms with Crippen molar-refractivity contribution >= 4 is 11.7 Å². The lowest BCUT2D eigenvalue weighted by Gasteiger charge is -2.40. The summed E-state index contributed by atoms with van der Waals surface area (Å²) in [6.45, 7) is 7.80. The van der Waals surface area contributed by atoms with Crippen LogP contribution in [0, 0.1) is 10.8 Å². The van der Waals surface area contributed by atoms with Gasteiger partial charge in [-0.15, -0.1) is 0 Å². The van der Waals surface area contributed by atoms with Crippen LogP contribution in [0.5, 0.6) is 0 Å². The van der Waals surface area contributed by atoms with Crippen LogP contribution in [0.4, 0.5) is 0 Å². The Hall–Kier alpha value is -0.860. The zero-order valence-corrected chi connectivity index (χ0v) is 9.94. The molecule has 0 aromatic heterocycles. The van der Waals surface area contributed by atoms with Gasteiger partial charge < -0.3 is 5.32 Å². The Morgan fingerprint density at radius 3 is 2.20 bits per heavy atom. The number of carbonyl (C=O) groups is 2. The van der Waals surface area contributed by atoms with Gasteiger partial charge in [0.25, 0.3) is 0 Å². The Balaban J connectivity index is 2.44. The molecule has 2 atom stereocenters. The van der Waals surface area contributed by atoms with E-state index in [2.05, 4.69) is 19.2 Å². The summed E-state index contributed by atoms with van der Waals surface area (Å²) in [7, 11) is 0. The third kappa shape index (κ3) is 1.01. The lowest BCUT2D eigenvalue weighted by atomic mass is 9.68. The molecule has 0 radical (unpaired) electrons. The minimum absolute atomic E-state index is 0.0259. The Bertz CT molecular complexity index is 344. The molecule has 84 valence electrons. The number of Topliss-reactive ketones (excluding diaryl/α,β-unsaturated/α-hetero) is 1. The van der Waals surface area contributed by atoms with E-state index in [4.69, 9.17) is 0 Å². The van der Waals surface area contributed by atoms with E-state index in [0.717, 1.165) is 12.8 Å². The summed E-state index contributed by atoms with van der Waals surface area (Å²) in [5.74, 6) is 0.287. The monoisotopic (exact) mass is 209 g/mol. The predicted molar refractivity (Wildman–Crippen MR) is 57.3 cm³/mol. The van der Waals surface area contributed by atoms with Gasteiger partial charge >= 0.3 is 0 Å². The van der Waals surface area contributed by atoms with Crippen molar-refractivity contribution in [3.63, 3.8) is 0 Å². The second-order valence-corrected chi connectivity index (χ2v) is 5.82. The van der Waals surface area contributed by atoms with Crippen LogP contribution < -0.4 is 5.32 Å². The van der Waals surface area contributed by atoms with E-state index >= 15 is 0 Å². The fraction of sp³-hybridized carbons (Fsp3) is 0.833. The fourth-order valence-electron chi connectivity index (χ4n) is 3.48.